The number of hydrogen-bond donors (Lipinski definition) is 29. The zero-order valence-corrected chi connectivity index (χ0v) is 49.7. The summed E-state index contributed by atoms with van der Waals surface area (Å²) in [5.41, 5.74) is 0. The van der Waals surface area contributed by atoms with Crippen molar-refractivity contribution in [3.8, 4) is 167 Å². The van der Waals surface area contributed by atoms with Gasteiger partial charge in [0, 0.05) is 71.4 Å². The second-order valence-corrected chi connectivity index (χ2v) is 18.9. The van der Waals surface area contributed by atoms with Crippen LogP contribution in [0.1, 0.15) is 0 Å². The van der Waals surface area contributed by atoms with Gasteiger partial charge in [-0.1, -0.05) is 66.7 Å². The van der Waals surface area contributed by atoms with E-state index in [4.69, 9.17) is 138 Å². The Labute approximate surface area is 546 Å². The monoisotopic (exact) mass is 1340 g/mol. The average Bonchev–Trinajstić information content (AvgIpc) is 0.907. The molecule has 0 aromatic heterocycles. The van der Waals surface area contributed by atoms with Gasteiger partial charge in [-0.3, -0.25) is 0 Å². The fraction of sp³-hybridized carbons (Fsp3) is 0. The van der Waals surface area contributed by atoms with Gasteiger partial charge in [-0.2, -0.15) is 0 Å². The Morgan fingerprint density at radius 3 is 0.825 bits per heavy atom. The van der Waals surface area contributed by atoms with Gasteiger partial charge in [0.15, 0.2) is 86.2 Å². The number of fused-ring (bicyclic) bond motifs is 2. The maximum Gasteiger partial charge on any atom is 0.204 e. The molecule has 29 N–H and O–H groups in total. The van der Waals surface area contributed by atoms with Crippen molar-refractivity contribution >= 4 is 21.5 Å². The summed E-state index contributed by atoms with van der Waals surface area (Å²) >= 11 is 0. The van der Waals surface area contributed by atoms with Crippen molar-refractivity contribution in [3.05, 3.63) is 212 Å². The predicted molar refractivity (Wildman–Crippen MR) is 348 cm³/mol. The largest absolute Gasteiger partial charge is 0.508 e. The quantitative estimate of drug-likeness (QED) is 0.0495. The first-order valence-corrected chi connectivity index (χ1v) is 26.8. The first kappa shape index (κ1) is 76.6. The van der Waals surface area contributed by atoms with Crippen LogP contribution in [-0.4, -0.2) is 148 Å². The highest BCUT2D eigenvalue weighted by atomic mass is 16.4. The van der Waals surface area contributed by atoms with Crippen LogP contribution in [0.25, 0.3) is 21.5 Å². The summed E-state index contributed by atoms with van der Waals surface area (Å²) in [6.45, 7) is 0. The molecule has 0 aliphatic heterocycles. The van der Waals surface area contributed by atoms with Gasteiger partial charge >= 0.3 is 0 Å². The zero-order chi connectivity index (χ0) is 72.8. The molecule has 12 aromatic rings. The molecule has 0 saturated carbocycles. The number of phenolic OH excluding ortho intramolecular Hbond substituents is 29. The number of rotatable bonds is 0. The lowest BCUT2D eigenvalue weighted by molar-refractivity contribution is 0.346. The summed E-state index contributed by atoms with van der Waals surface area (Å²) in [5.74, 6) is -7.75. The average molecular weight is 1350 g/mol. The second-order valence-electron chi connectivity index (χ2n) is 18.9. The Hall–Kier alpha value is -14.6. The molecule has 0 saturated heterocycles. The summed E-state index contributed by atoms with van der Waals surface area (Å²) in [7, 11) is 0. The van der Waals surface area contributed by atoms with Crippen molar-refractivity contribution in [3.63, 3.8) is 0 Å². The summed E-state index contributed by atoms with van der Waals surface area (Å²) in [6.07, 6.45) is 0. The van der Waals surface area contributed by atoms with Crippen molar-refractivity contribution in [2.24, 2.45) is 0 Å². The lowest BCUT2D eigenvalue weighted by atomic mass is 10.1. The Balaban J connectivity index is 0.000000281. The van der Waals surface area contributed by atoms with Crippen molar-refractivity contribution in [1.82, 2.24) is 0 Å². The Bertz CT molecular complexity index is 4280. The SMILES string of the molecule is Oc1cc(O)c(O)c(O)c1.Oc1cc(O)c(O)cc1O.Oc1cc(O)c2ccccc2c1.Oc1cc(O)cc(O)c1.Oc1ccc(O)c(O)c1.Oc1ccc(O)c(O)c1O.Oc1ccc(O)cc1.Oc1ccc2ccccc2c1O.Oc1cccc(O)c1.Oc1cccc(O)c1O. The Morgan fingerprint density at radius 1 is 0.124 bits per heavy atom. The molecule has 0 radical (unpaired) electrons. The van der Waals surface area contributed by atoms with Gasteiger partial charge in [-0.15, -0.1) is 0 Å². The van der Waals surface area contributed by atoms with Crippen LogP contribution in [0, 0.1) is 0 Å². The minimum atomic E-state index is -0.708. The molecule has 0 aliphatic rings. The molecule has 29 heteroatoms. The van der Waals surface area contributed by atoms with E-state index >= 15 is 0 Å². The molecule has 29 nitrogen and oxygen atoms in total. The third-order valence-electron chi connectivity index (χ3n) is 11.5. The number of phenols is 29. The highest BCUT2D eigenvalue weighted by Gasteiger charge is 2.10. The molecule has 0 spiro atoms. The standard InChI is InChI=1S/2C10H8O2.3C6H6O4.3C6H6O3.2C6H6O2/c11-8-5-7-3-1-2-4-9(7)10(12)6-8;11-9-6-5-7-3-1-2-4-8(7)10(9)12;7-3-1-4(8)6(10)2-5(3)9;7-3-1-4(8)6(10)5(9)2-3;7-3-1-2-4(8)6(10)5(3)9;7-4-1-5(8)3-6(9)2-4;7-4-1-2-5(8)6(9)3-4;7-4-2-1-3-5(8)6(4)9;7-5-1-2-6(8)4-3-5;7-5-2-1-3-6(8)4-5/h2*1-6,11-12H;3*1-2,7-10H;3*1-3,7-9H;2*1-4,7-8H. The zero-order valence-electron chi connectivity index (χ0n) is 49.7. The van der Waals surface area contributed by atoms with Crippen LogP contribution in [0.5, 0.6) is 167 Å². The molecule has 0 fully saturated rings. The molecule has 0 amide bonds. The summed E-state index contributed by atoms with van der Waals surface area (Å²) in [5, 5.41) is 258. The topological polar surface area (TPSA) is 587 Å². The van der Waals surface area contributed by atoms with E-state index in [2.05, 4.69) is 0 Å². The van der Waals surface area contributed by atoms with Crippen molar-refractivity contribution in [2.75, 3.05) is 0 Å². The number of hydrogen-bond acceptors (Lipinski definition) is 29. The van der Waals surface area contributed by atoms with Gasteiger partial charge in [0.05, 0.1) is 0 Å². The summed E-state index contributed by atoms with van der Waals surface area (Å²) in [6, 6.07) is 49.2. The van der Waals surface area contributed by atoms with Gasteiger partial charge < -0.3 is 148 Å². The number of benzene rings is 12. The van der Waals surface area contributed by atoms with E-state index in [0.717, 1.165) is 76.8 Å². The van der Waals surface area contributed by atoms with E-state index in [0.29, 0.717) is 5.39 Å². The molecule has 0 heterocycles. The summed E-state index contributed by atoms with van der Waals surface area (Å²) < 4.78 is 0. The van der Waals surface area contributed by atoms with Gasteiger partial charge in [0.25, 0.3) is 0 Å². The van der Waals surface area contributed by atoms with Crippen LogP contribution < -0.4 is 0 Å². The highest BCUT2D eigenvalue weighted by Crippen LogP contribution is 2.42. The molecule has 12 rings (SSSR count). The molecular formula is C68H64O29. The van der Waals surface area contributed by atoms with E-state index in [-0.39, 0.29) is 97.7 Å². The van der Waals surface area contributed by atoms with Gasteiger partial charge in [0.2, 0.25) is 17.2 Å². The van der Waals surface area contributed by atoms with Gasteiger partial charge in [-0.05, 0) is 95.7 Å². The van der Waals surface area contributed by atoms with E-state index in [1.54, 1.807) is 24.3 Å². The normalized spacial score (nSPS) is 9.61. The minimum absolute atomic E-state index is 0.0481. The second kappa shape index (κ2) is 36.9. The molecule has 0 atom stereocenters. The van der Waals surface area contributed by atoms with E-state index in [9.17, 15) is 10.2 Å². The fourth-order valence-electron chi connectivity index (χ4n) is 6.78. The fourth-order valence-corrected chi connectivity index (χ4v) is 6.78. The molecule has 12 aromatic carbocycles. The summed E-state index contributed by atoms with van der Waals surface area (Å²) in [4.78, 5) is 0. The van der Waals surface area contributed by atoms with Crippen molar-refractivity contribution in [2.45, 2.75) is 0 Å². The van der Waals surface area contributed by atoms with Crippen molar-refractivity contribution in [1.29, 1.82) is 0 Å². The maximum absolute atomic E-state index is 9.41. The minimum Gasteiger partial charge on any atom is -0.508 e. The molecule has 510 valence electrons. The van der Waals surface area contributed by atoms with Crippen LogP contribution in [-0.2, 0) is 0 Å². The third-order valence-corrected chi connectivity index (χ3v) is 11.5. The smallest absolute Gasteiger partial charge is 0.204 e. The lowest BCUT2D eigenvalue weighted by Crippen LogP contribution is -1.73. The Morgan fingerprint density at radius 2 is 0.412 bits per heavy atom. The molecule has 0 aliphatic carbocycles. The molecule has 0 unspecified atom stereocenters. The Kier molecular flexibility index (Phi) is 29.1. The lowest BCUT2D eigenvalue weighted by Gasteiger charge is -2.01. The first-order valence-electron chi connectivity index (χ1n) is 26.8. The predicted octanol–water partition coefficient (Wildman–Crippen LogP) is 10.6. The van der Waals surface area contributed by atoms with Gasteiger partial charge in [-0.25, -0.2) is 0 Å². The van der Waals surface area contributed by atoms with Crippen LogP contribution in [0.4, 0.5) is 0 Å². The van der Waals surface area contributed by atoms with Gasteiger partial charge in [0.1, 0.15) is 63.2 Å². The van der Waals surface area contributed by atoms with Crippen LogP contribution in [0.3, 0.4) is 0 Å². The molecular weight excluding hydrogens is 1280 g/mol. The van der Waals surface area contributed by atoms with Crippen LogP contribution >= 0.6 is 0 Å². The van der Waals surface area contributed by atoms with Crippen LogP contribution in [0.15, 0.2) is 212 Å². The number of para-hydroxylation sites is 1. The number of aromatic hydroxyl groups is 29. The maximum atomic E-state index is 9.41. The molecule has 97 heavy (non-hydrogen) atoms. The van der Waals surface area contributed by atoms with E-state index in [1.165, 1.54) is 84.9 Å². The molecule has 0 bridgehead atoms. The highest BCUT2D eigenvalue weighted by molar-refractivity contribution is 5.90. The third kappa shape index (κ3) is 26.0. The van der Waals surface area contributed by atoms with Crippen LogP contribution in [0.2, 0.25) is 0 Å². The van der Waals surface area contributed by atoms with E-state index < -0.39 is 69.0 Å². The van der Waals surface area contributed by atoms with Crippen molar-refractivity contribution < 1.29 is 148 Å². The van der Waals surface area contributed by atoms with E-state index in [1.807, 2.05) is 42.5 Å². The first-order chi connectivity index (χ1) is 45.6.